The lowest BCUT2D eigenvalue weighted by Crippen LogP contribution is -1.99. The maximum absolute atomic E-state index is 5.36. The zero-order valence-corrected chi connectivity index (χ0v) is 6.71. The zero-order valence-electron chi connectivity index (χ0n) is 6.71. The van der Waals surface area contributed by atoms with Crippen LogP contribution in [0, 0.1) is 0 Å². The molecule has 0 amide bonds. The van der Waals surface area contributed by atoms with E-state index in [1.54, 1.807) is 6.08 Å². The third-order valence-electron chi connectivity index (χ3n) is 1.50. The zero-order chi connectivity index (χ0) is 8.10. The van der Waals surface area contributed by atoms with E-state index < -0.39 is 0 Å². The highest BCUT2D eigenvalue weighted by atomic mass is 16.5. The van der Waals surface area contributed by atoms with Gasteiger partial charge in [0.15, 0.2) is 0 Å². The van der Waals surface area contributed by atoms with Crippen LogP contribution in [0.3, 0.4) is 0 Å². The molecule has 58 valence electrons. The summed E-state index contributed by atoms with van der Waals surface area (Å²) in [6.07, 6.45) is 9.68. The summed E-state index contributed by atoms with van der Waals surface area (Å²) in [7, 11) is 0. The maximum atomic E-state index is 5.36. The second-order valence-electron chi connectivity index (χ2n) is 2.22. The second-order valence-corrected chi connectivity index (χ2v) is 2.22. The Hall–Kier alpha value is -1.24. The predicted molar refractivity (Wildman–Crippen MR) is 47.1 cm³/mol. The second kappa shape index (κ2) is 3.81. The smallest absolute Gasteiger partial charge is 0.126 e. The van der Waals surface area contributed by atoms with Crippen molar-refractivity contribution in [2.45, 2.75) is 6.92 Å². The minimum atomic E-state index is 0.664. The molecule has 0 aromatic rings. The van der Waals surface area contributed by atoms with E-state index in [-0.39, 0.29) is 0 Å². The third kappa shape index (κ3) is 1.84. The Morgan fingerprint density at radius 1 is 1.64 bits per heavy atom. The van der Waals surface area contributed by atoms with Crippen molar-refractivity contribution in [1.29, 1.82) is 0 Å². The molecule has 0 aliphatic carbocycles. The molecule has 0 radical (unpaired) electrons. The van der Waals surface area contributed by atoms with Crippen molar-refractivity contribution in [3.8, 4) is 0 Å². The standard InChI is InChI=1S/C10H12O/c1-3-6-10-9(4-2)7-5-8-11-10/h3-7H,1,8H2,2H3/b9-4-,10-6+. The van der Waals surface area contributed by atoms with E-state index in [0.717, 1.165) is 11.3 Å². The lowest BCUT2D eigenvalue weighted by atomic mass is 10.1. The normalized spacial score (nSPS) is 23.7. The molecule has 0 N–H and O–H groups in total. The van der Waals surface area contributed by atoms with Crippen LogP contribution in [0.4, 0.5) is 0 Å². The van der Waals surface area contributed by atoms with Gasteiger partial charge in [-0.15, -0.1) is 0 Å². The number of ether oxygens (including phenoxy) is 1. The first-order chi connectivity index (χ1) is 5.38. The largest absolute Gasteiger partial charge is 0.489 e. The molecule has 0 bridgehead atoms. The lowest BCUT2D eigenvalue weighted by Gasteiger charge is -2.13. The summed E-state index contributed by atoms with van der Waals surface area (Å²) in [5, 5.41) is 0. The van der Waals surface area contributed by atoms with Crippen molar-refractivity contribution >= 4 is 0 Å². The molecule has 1 heterocycles. The fraction of sp³-hybridized carbons (Fsp3) is 0.200. The molecule has 0 aromatic heterocycles. The molecule has 1 nitrogen and oxygen atoms in total. The average Bonchev–Trinajstić information content (AvgIpc) is 2.06. The van der Waals surface area contributed by atoms with Gasteiger partial charge < -0.3 is 4.74 Å². The van der Waals surface area contributed by atoms with Crippen LogP contribution in [0.25, 0.3) is 0 Å². The lowest BCUT2D eigenvalue weighted by molar-refractivity contribution is 0.252. The summed E-state index contributed by atoms with van der Waals surface area (Å²) in [6.45, 7) is 6.27. The Bertz CT molecular complexity index is 231. The average molecular weight is 148 g/mol. The van der Waals surface area contributed by atoms with Crippen molar-refractivity contribution in [1.82, 2.24) is 0 Å². The first kappa shape index (κ1) is 7.86. The van der Waals surface area contributed by atoms with Crippen LogP contribution in [-0.4, -0.2) is 6.61 Å². The number of rotatable bonds is 1. The number of allylic oxidation sites excluding steroid dienone is 4. The molecule has 1 heteroatoms. The van der Waals surface area contributed by atoms with Gasteiger partial charge in [-0.1, -0.05) is 24.8 Å². The van der Waals surface area contributed by atoms with Gasteiger partial charge in [0.2, 0.25) is 0 Å². The van der Waals surface area contributed by atoms with Crippen molar-refractivity contribution in [2.75, 3.05) is 6.61 Å². The minimum absolute atomic E-state index is 0.664. The Kier molecular flexibility index (Phi) is 2.73. The van der Waals surface area contributed by atoms with E-state index in [0.29, 0.717) is 6.61 Å². The molecule has 0 unspecified atom stereocenters. The molecular weight excluding hydrogens is 136 g/mol. The molecule has 0 saturated carbocycles. The molecule has 0 aromatic carbocycles. The molecule has 1 aliphatic heterocycles. The Morgan fingerprint density at radius 3 is 3.09 bits per heavy atom. The quantitative estimate of drug-likeness (QED) is 0.555. The van der Waals surface area contributed by atoms with Crippen molar-refractivity contribution in [2.24, 2.45) is 0 Å². The van der Waals surface area contributed by atoms with Gasteiger partial charge in [-0.05, 0) is 19.1 Å². The monoisotopic (exact) mass is 148 g/mol. The van der Waals surface area contributed by atoms with Gasteiger partial charge in [-0.25, -0.2) is 0 Å². The SMILES string of the molecule is C=C/C=C1/OCC=C/C1=C/C. The Labute approximate surface area is 67.4 Å². The van der Waals surface area contributed by atoms with Gasteiger partial charge in [-0.2, -0.15) is 0 Å². The summed E-state index contributed by atoms with van der Waals surface area (Å²) < 4.78 is 5.36. The van der Waals surface area contributed by atoms with E-state index in [4.69, 9.17) is 4.74 Å². The Balaban J connectivity index is 2.88. The van der Waals surface area contributed by atoms with Crippen molar-refractivity contribution in [3.05, 3.63) is 48.3 Å². The third-order valence-corrected chi connectivity index (χ3v) is 1.50. The van der Waals surface area contributed by atoms with E-state index in [2.05, 4.69) is 12.7 Å². The molecule has 0 atom stereocenters. The first-order valence-corrected chi connectivity index (χ1v) is 3.67. The van der Waals surface area contributed by atoms with Crippen molar-refractivity contribution < 1.29 is 4.74 Å². The summed E-state index contributed by atoms with van der Waals surface area (Å²) in [4.78, 5) is 0. The highest BCUT2D eigenvalue weighted by molar-refractivity contribution is 5.39. The molecule has 0 saturated heterocycles. The highest BCUT2D eigenvalue weighted by Gasteiger charge is 2.04. The van der Waals surface area contributed by atoms with Gasteiger partial charge in [-0.3, -0.25) is 0 Å². The topological polar surface area (TPSA) is 9.23 Å². The summed E-state index contributed by atoms with van der Waals surface area (Å²) in [6, 6.07) is 0. The molecule has 0 fully saturated rings. The highest BCUT2D eigenvalue weighted by Crippen LogP contribution is 2.17. The molecule has 1 rings (SSSR count). The van der Waals surface area contributed by atoms with Crippen LogP contribution in [0.5, 0.6) is 0 Å². The summed E-state index contributed by atoms with van der Waals surface area (Å²) in [5.41, 5.74) is 1.12. The van der Waals surface area contributed by atoms with Crippen LogP contribution >= 0.6 is 0 Å². The van der Waals surface area contributed by atoms with E-state index in [9.17, 15) is 0 Å². The fourth-order valence-corrected chi connectivity index (χ4v) is 0.968. The van der Waals surface area contributed by atoms with Crippen LogP contribution in [-0.2, 0) is 4.74 Å². The van der Waals surface area contributed by atoms with E-state index >= 15 is 0 Å². The van der Waals surface area contributed by atoms with Crippen molar-refractivity contribution in [3.63, 3.8) is 0 Å². The van der Waals surface area contributed by atoms with Crippen LogP contribution in [0.2, 0.25) is 0 Å². The van der Waals surface area contributed by atoms with E-state index in [1.165, 1.54) is 0 Å². The van der Waals surface area contributed by atoms with Gasteiger partial charge in [0.25, 0.3) is 0 Å². The summed E-state index contributed by atoms with van der Waals surface area (Å²) >= 11 is 0. The van der Waals surface area contributed by atoms with Gasteiger partial charge in [0.1, 0.15) is 12.4 Å². The van der Waals surface area contributed by atoms with E-state index in [1.807, 2.05) is 25.2 Å². The minimum Gasteiger partial charge on any atom is -0.489 e. The van der Waals surface area contributed by atoms with Gasteiger partial charge in [0, 0.05) is 5.57 Å². The first-order valence-electron chi connectivity index (χ1n) is 3.67. The molecule has 0 spiro atoms. The Morgan fingerprint density at radius 2 is 2.45 bits per heavy atom. The van der Waals surface area contributed by atoms with Crippen LogP contribution < -0.4 is 0 Å². The molecule has 1 aliphatic rings. The van der Waals surface area contributed by atoms with Crippen LogP contribution in [0.15, 0.2) is 48.3 Å². The number of hydrogen-bond acceptors (Lipinski definition) is 1. The van der Waals surface area contributed by atoms with Gasteiger partial charge >= 0.3 is 0 Å². The van der Waals surface area contributed by atoms with Gasteiger partial charge in [0.05, 0.1) is 0 Å². The molecular formula is C10H12O. The fourth-order valence-electron chi connectivity index (χ4n) is 0.968. The maximum Gasteiger partial charge on any atom is 0.126 e. The predicted octanol–water partition coefficient (Wildman–Crippen LogP) is 2.59. The number of hydrogen-bond donors (Lipinski definition) is 0. The molecule has 11 heavy (non-hydrogen) atoms. The van der Waals surface area contributed by atoms with Crippen LogP contribution in [0.1, 0.15) is 6.92 Å². The summed E-state index contributed by atoms with van der Waals surface area (Å²) in [5.74, 6) is 0.907.